The average molecular weight is 402 g/mol. The number of halogens is 2. The Labute approximate surface area is 170 Å². The van der Waals surface area contributed by atoms with Gasteiger partial charge in [-0.15, -0.1) is 0 Å². The highest BCUT2D eigenvalue weighted by molar-refractivity contribution is 5.84. The molecule has 2 heterocycles. The second kappa shape index (κ2) is 8.86. The molecule has 1 unspecified atom stereocenters. The number of alkyl halides is 2. The van der Waals surface area contributed by atoms with E-state index in [-0.39, 0.29) is 11.9 Å². The highest BCUT2D eigenvalue weighted by Gasteiger charge is 2.29. The number of rotatable bonds is 9. The van der Waals surface area contributed by atoms with Crippen LogP contribution < -0.4 is 15.4 Å². The Morgan fingerprint density at radius 3 is 2.86 bits per heavy atom. The molecule has 1 aromatic rings. The first-order valence-corrected chi connectivity index (χ1v) is 9.78. The van der Waals surface area contributed by atoms with Crippen molar-refractivity contribution in [2.24, 2.45) is 10.9 Å². The molecule has 2 aliphatic rings. The van der Waals surface area contributed by atoms with Crippen molar-refractivity contribution in [2.75, 3.05) is 13.7 Å². The third-order valence-corrected chi connectivity index (χ3v) is 4.90. The lowest BCUT2D eigenvalue weighted by Gasteiger charge is -2.24. The van der Waals surface area contributed by atoms with Crippen LogP contribution in [0.25, 0.3) is 0 Å². The fourth-order valence-corrected chi connectivity index (χ4v) is 3.18. The monoisotopic (exact) mass is 402 g/mol. The highest BCUT2D eigenvalue weighted by atomic mass is 19.3. The molecule has 2 N–H and O–H groups in total. The third kappa shape index (κ3) is 5.73. The minimum Gasteiger partial charge on any atom is -0.471 e. The van der Waals surface area contributed by atoms with Crippen molar-refractivity contribution < 1.29 is 13.5 Å². The summed E-state index contributed by atoms with van der Waals surface area (Å²) in [4.78, 5) is 8.75. The smallest absolute Gasteiger partial charge is 0.278 e. The van der Waals surface area contributed by atoms with Gasteiger partial charge in [0.25, 0.3) is 5.92 Å². The maximum atomic E-state index is 13.0. The molecular formula is C22H28F2N4O. The summed E-state index contributed by atoms with van der Waals surface area (Å²) in [5.41, 5.74) is 4.82. The van der Waals surface area contributed by atoms with Crippen LogP contribution in [0.5, 0.6) is 5.88 Å². The molecule has 1 aliphatic heterocycles. The molecule has 3 rings (SSSR count). The maximum absolute atomic E-state index is 13.0. The normalized spacial score (nSPS) is 19.6. The van der Waals surface area contributed by atoms with Crippen LogP contribution in [0, 0.1) is 12.8 Å². The standard InChI is InChI=1S/C22H28F2N4O/c1-14-9-16(11-28-21(14)29-13-22(3,23)24)10-26-12-18-19(25-4)7-8-27-20(18)15(2)17-5-6-17/h7-9,11-12,17,19,25,27H,2,5-6,10,13H2,1,3-4H3. The second-order valence-corrected chi connectivity index (χ2v) is 7.69. The number of nitrogens with one attached hydrogen (secondary N) is 2. The molecule has 1 aromatic heterocycles. The van der Waals surface area contributed by atoms with Gasteiger partial charge >= 0.3 is 0 Å². The fraction of sp³-hybridized carbons (Fsp3) is 0.455. The number of hydrogen-bond acceptors (Lipinski definition) is 5. The lowest BCUT2D eigenvalue weighted by atomic mass is 9.97. The van der Waals surface area contributed by atoms with E-state index in [0.717, 1.165) is 29.3 Å². The lowest BCUT2D eigenvalue weighted by molar-refractivity contribution is -0.0244. The molecule has 0 bridgehead atoms. The number of dihydropyridines is 1. The van der Waals surface area contributed by atoms with Gasteiger partial charge in [0, 0.05) is 36.2 Å². The summed E-state index contributed by atoms with van der Waals surface area (Å²) in [6.45, 7) is 6.62. The number of aromatic nitrogens is 1. The Balaban J connectivity index is 1.70. The van der Waals surface area contributed by atoms with Crippen LogP contribution in [0.2, 0.25) is 0 Å². The van der Waals surface area contributed by atoms with Crippen LogP contribution in [0.15, 0.2) is 53.0 Å². The summed E-state index contributed by atoms with van der Waals surface area (Å²) in [5, 5.41) is 6.61. The van der Waals surface area contributed by atoms with Crippen molar-refractivity contribution in [3.8, 4) is 5.88 Å². The second-order valence-electron chi connectivity index (χ2n) is 7.69. The first-order chi connectivity index (χ1) is 13.8. The van der Waals surface area contributed by atoms with E-state index < -0.39 is 12.5 Å². The summed E-state index contributed by atoms with van der Waals surface area (Å²) in [7, 11) is 1.91. The van der Waals surface area contributed by atoms with Gasteiger partial charge in [0.05, 0.1) is 12.6 Å². The number of nitrogens with zero attached hydrogens (tertiary/aromatic N) is 2. The summed E-state index contributed by atoms with van der Waals surface area (Å²) in [5.74, 6) is -2.11. The van der Waals surface area contributed by atoms with Gasteiger partial charge in [0.1, 0.15) is 0 Å². The molecule has 7 heteroatoms. The van der Waals surface area contributed by atoms with E-state index in [0.29, 0.717) is 18.0 Å². The van der Waals surface area contributed by atoms with Gasteiger partial charge in [0.15, 0.2) is 6.61 Å². The number of ether oxygens (including phenoxy) is 1. The molecule has 1 fully saturated rings. The molecule has 1 aliphatic carbocycles. The molecule has 0 saturated heterocycles. The minimum absolute atomic E-state index is 0.0665. The third-order valence-electron chi connectivity index (χ3n) is 4.90. The van der Waals surface area contributed by atoms with E-state index >= 15 is 0 Å². The van der Waals surface area contributed by atoms with Gasteiger partial charge in [-0.05, 0) is 62.2 Å². The van der Waals surface area contributed by atoms with Gasteiger partial charge in [-0.1, -0.05) is 6.58 Å². The SMILES string of the molecule is C=C(C1=C(C=NCc2cnc(OCC(C)(F)F)c(C)c2)C(NC)C=CN1)C1CC1. The van der Waals surface area contributed by atoms with Crippen molar-refractivity contribution in [1.29, 1.82) is 0 Å². The number of aryl methyl sites for hydroxylation is 1. The van der Waals surface area contributed by atoms with E-state index in [1.807, 2.05) is 31.6 Å². The molecule has 0 spiro atoms. The molecule has 1 atom stereocenters. The van der Waals surface area contributed by atoms with E-state index in [1.165, 1.54) is 12.8 Å². The van der Waals surface area contributed by atoms with Crippen molar-refractivity contribution in [3.63, 3.8) is 0 Å². The highest BCUT2D eigenvalue weighted by Crippen LogP contribution is 2.39. The van der Waals surface area contributed by atoms with Crippen LogP contribution in [0.1, 0.15) is 30.9 Å². The van der Waals surface area contributed by atoms with E-state index in [4.69, 9.17) is 4.74 Å². The molecule has 156 valence electrons. The minimum atomic E-state index is -2.89. The Bertz CT molecular complexity index is 851. The van der Waals surface area contributed by atoms with Gasteiger partial charge in [-0.25, -0.2) is 13.8 Å². The summed E-state index contributed by atoms with van der Waals surface area (Å²) in [6.07, 6.45) is 9.84. The first-order valence-electron chi connectivity index (χ1n) is 9.78. The van der Waals surface area contributed by atoms with E-state index in [9.17, 15) is 8.78 Å². The topological polar surface area (TPSA) is 58.5 Å². The molecular weight excluding hydrogens is 374 g/mol. The largest absolute Gasteiger partial charge is 0.471 e. The average Bonchev–Trinajstić information content (AvgIpc) is 3.51. The predicted molar refractivity (Wildman–Crippen MR) is 111 cm³/mol. The molecule has 0 amide bonds. The van der Waals surface area contributed by atoms with Crippen molar-refractivity contribution in [2.45, 2.75) is 45.2 Å². The number of allylic oxidation sites excluding steroid dienone is 1. The molecule has 0 aromatic carbocycles. The van der Waals surface area contributed by atoms with E-state index in [2.05, 4.69) is 27.2 Å². The summed E-state index contributed by atoms with van der Waals surface area (Å²) < 4.78 is 31.0. The number of aliphatic imine (C=N–C) groups is 1. The number of pyridine rings is 1. The molecule has 1 saturated carbocycles. The van der Waals surface area contributed by atoms with Crippen LogP contribution in [-0.2, 0) is 6.54 Å². The van der Waals surface area contributed by atoms with Crippen LogP contribution in [-0.4, -0.2) is 36.8 Å². The molecule has 29 heavy (non-hydrogen) atoms. The van der Waals surface area contributed by atoms with Crippen molar-refractivity contribution in [3.05, 3.63) is 59.1 Å². The number of hydrogen-bond donors (Lipinski definition) is 2. The Kier molecular flexibility index (Phi) is 6.47. The quantitative estimate of drug-likeness (QED) is 0.615. The Hall–Kier alpha value is -2.54. The van der Waals surface area contributed by atoms with Gasteiger partial charge in [-0.2, -0.15) is 0 Å². The maximum Gasteiger partial charge on any atom is 0.278 e. The fourth-order valence-electron chi connectivity index (χ4n) is 3.18. The zero-order valence-electron chi connectivity index (χ0n) is 17.1. The van der Waals surface area contributed by atoms with Gasteiger partial charge < -0.3 is 15.4 Å². The van der Waals surface area contributed by atoms with Crippen LogP contribution >= 0.6 is 0 Å². The lowest BCUT2D eigenvalue weighted by Crippen LogP contribution is -2.33. The van der Waals surface area contributed by atoms with E-state index in [1.54, 1.807) is 13.1 Å². The van der Waals surface area contributed by atoms with Crippen molar-refractivity contribution in [1.82, 2.24) is 15.6 Å². The zero-order chi connectivity index (χ0) is 21.0. The number of likely N-dealkylation sites (N-methyl/N-ethyl adjacent to an activating group) is 1. The molecule has 5 nitrogen and oxygen atoms in total. The molecule has 0 radical (unpaired) electrons. The Morgan fingerprint density at radius 1 is 1.48 bits per heavy atom. The van der Waals surface area contributed by atoms with Gasteiger partial charge in [0.2, 0.25) is 5.88 Å². The van der Waals surface area contributed by atoms with Crippen LogP contribution in [0.4, 0.5) is 8.78 Å². The van der Waals surface area contributed by atoms with Crippen LogP contribution in [0.3, 0.4) is 0 Å². The zero-order valence-corrected chi connectivity index (χ0v) is 17.1. The van der Waals surface area contributed by atoms with Crippen molar-refractivity contribution >= 4 is 6.21 Å². The van der Waals surface area contributed by atoms with Gasteiger partial charge in [-0.3, -0.25) is 4.99 Å². The summed E-state index contributed by atoms with van der Waals surface area (Å²) >= 11 is 0. The Morgan fingerprint density at radius 2 is 2.24 bits per heavy atom. The summed E-state index contributed by atoms with van der Waals surface area (Å²) in [6, 6.07) is 1.93. The predicted octanol–water partition coefficient (Wildman–Crippen LogP) is 3.92. The first kappa shape index (κ1) is 21.2.